The van der Waals surface area contributed by atoms with E-state index < -0.39 is 0 Å². The Labute approximate surface area is 95.1 Å². The molecule has 0 saturated carbocycles. The zero-order valence-electron chi connectivity index (χ0n) is 8.83. The van der Waals surface area contributed by atoms with E-state index in [0.29, 0.717) is 17.3 Å². The molecule has 1 aromatic carbocycles. The second-order valence-electron chi connectivity index (χ2n) is 3.08. The molecular formula is C11H16ClNO2. The lowest BCUT2D eigenvalue weighted by Gasteiger charge is -2.07. The standard InChI is InChI=1S/C11H16ClNO2/c1-2-14-6-3-7-15-9-4-5-11(13)10(12)8-9/h4-5,8H,2-3,6-7,13H2,1H3. The lowest BCUT2D eigenvalue weighted by Crippen LogP contribution is -2.02. The summed E-state index contributed by atoms with van der Waals surface area (Å²) in [5.41, 5.74) is 6.14. The van der Waals surface area contributed by atoms with E-state index in [-0.39, 0.29) is 0 Å². The minimum absolute atomic E-state index is 0.525. The van der Waals surface area contributed by atoms with Gasteiger partial charge in [0.15, 0.2) is 0 Å². The first-order valence-corrected chi connectivity index (χ1v) is 5.37. The number of nitrogens with two attached hydrogens (primary N) is 1. The second kappa shape index (κ2) is 6.53. The van der Waals surface area contributed by atoms with Crippen LogP contribution in [0.1, 0.15) is 13.3 Å². The largest absolute Gasteiger partial charge is 0.493 e. The third kappa shape index (κ3) is 4.40. The number of ether oxygens (including phenoxy) is 2. The van der Waals surface area contributed by atoms with Crippen LogP contribution < -0.4 is 10.5 Å². The van der Waals surface area contributed by atoms with Crippen molar-refractivity contribution in [3.05, 3.63) is 23.2 Å². The molecular weight excluding hydrogens is 214 g/mol. The third-order valence-electron chi connectivity index (χ3n) is 1.88. The van der Waals surface area contributed by atoms with Crippen LogP contribution in [0.3, 0.4) is 0 Å². The molecule has 1 rings (SSSR count). The topological polar surface area (TPSA) is 44.5 Å². The first-order valence-electron chi connectivity index (χ1n) is 4.99. The zero-order valence-corrected chi connectivity index (χ0v) is 9.59. The fourth-order valence-corrected chi connectivity index (χ4v) is 1.26. The second-order valence-corrected chi connectivity index (χ2v) is 3.49. The highest BCUT2D eigenvalue weighted by Gasteiger charge is 1.98. The van der Waals surface area contributed by atoms with Crippen molar-refractivity contribution in [1.29, 1.82) is 0 Å². The van der Waals surface area contributed by atoms with Crippen molar-refractivity contribution in [1.82, 2.24) is 0 Å². The van der Waals surface area contributed by atoms with Crippen molar-refractivity contribution in [3.8, 4) is 5.75 Å². The molecule has 0 unspecified atom stereocenters. The van der Waals surface area contributed by atoms with Crippen LogP contribution in [-0.4, -0.2) is 19.8 Å². The first-order chi connectivity index (χ1) is 7.24. The number of rotatable bonds is 6. The summed E-state index contributed by atoms with van der Waals surface area (Å²) in [7, 11) is 0. The lowest BCUT2D eigenvalue weighted by atomic mass is 10.3. The summed E-state index contributed by atoms with van der Waals surface area (Å²) >= 11 is 5.85. The Hall–Kier alpha value is -0.930. The predicted octanol–water partition coefficient (Wildman–Crippen LogP) is 2.73. The summed E-state index contributed by atoms with van der Waals surface area (Å²) in [4.78, 5) is 0. The maximum absolute atomic E-state index is 5.85. The van der Waals surface area contributed by atoms with Crippen molar-refractivity contribution in [3.63, 3.8) is 0 Å². The minimum Gasteiger partial charge on any atom is -0.493 e. The van der Waals surface area contributed by atoms with Crippen LogP contribution in [0.25, 0.3) is 0 Å². The van der Waals surface area contributed by atoms with Crippen molar-refractivity contribution in [2.75, 3.05) is 25.6 Å². The molecule has 0 bridgehead atoms. The molecule has 0 radical (unpaired) electrons. The minimum atomic E-state index is 0.525. The Kier molecular flexibility index (Phi) is 5.29. The van der Waals surface area contributed by atoms with Crippen LogP contribution in [0.15, 0.2) is 18.2 Å². The molecule has 0 saturated heterocycles. The SMILES string of the molecule is CCOCCCOc1ccc(N)c(Cl)c1. The summed E-state index contributed by atoms with van der Waals surface area (Å²) in [6.07, 6.45) is 0.871. The number of benzene rings is 1. The maximum atomic E-state index is 5.85. The predicted molar refractivity (Wildman–Crippen MR) is 62.5 cm³/mol. The Morgan fingerprint density at radius 3 is 2.80 bits per heavy atom. The monoisotopic (exact) mass is 229 g/mol. The highest BCUT2D eigenvalue weighted by Crippen LogP contribution is 2.24. The molecule has 0 aliphatic heterocycles. The van der Waals surface area contributed by atoms with Gasteiger partial charge >= 0.3 is 0 Å². The molecule has 4 heteroatoms. The summed E-state index contributed by atoms with van der Waals surface area (Å²) in [6.45, 7) is 4.06. The maximum Gasteiger partial charge on any atom is 0.120 e. The quantitative estimate of drug-likeness (QED) is 0.603. The van der Waals surface area contributed by atoms with E-state index >= 15 is 0 Å². The van der Waals surface area contributed by atoms with E-state index in [1.165, 1.54) is 0 Å². The highest BCUT2D eigenvalue weighted by molar-refractivity contribution is 6.33. The molecule has 0 amide bonds. The molecule has 2 N–H and O–H groups in total. The number of halogens is 1. The number of anilines is 1. The smallest absolute Gasteiger partial charge is 0.120 e. The summed E-state index contributed by atoms with van der Waals surface area (Å²) in [5.74, 6) is 0.741. The molecule has 0 aromatic heterocycles. The van der Waals surface area contributed by atoms with Gasteiger partial charge in [0.05, 0.1) is 17.3 Å². The Morgan fingerprint density at radius 1 is 1.33 bits per heavy atom. The van der Waals surface area contributed by atoms with E-state index in [2.05, 4.69) is 0 Å². The van der Waals surface area contributed by atoms with Crippen LogP contribution in [0.5, 0.6) is 5.75 Å². The average molecular weight is 230 g/mol. The van der Waals surface area contributed by atoms with Gasteiger partial charge in [0, 0.05) is 25.7 Å². The van der Waals surface area contributed by atoms with Crippen LogP contribution in [-0.2, 0) is 4.74 Å². The van der Waals surface area contributed by atoms with E-state index in [0.717, 1.165) is 25.4 Å². The average Bonchev–Trinajstić information content (AvgIpc) is 2.23. The zero-order chi connectivity index (χ0) is 11.1. The molecule has 0 atom stereocenters. The lowest BCUT2D eigenvalue weighted by molar-refractivity contribution is 0.131. The Balaban J connectivity index is 2.28. The first kappa shape index (κ1) is 12.1. The van der Waals surface area contributed by atoms with Gasteiger partial charge < -0.3 is 15.2 Å². The summed E-state index contributed by atoms with van der Waals surface area (Å²) < 4.78 is 10.7. The number of hydrogen-bond donors (Lipinski definition) is 1. The van der Waals surface area contributed by atoms with Crippen molar-refractivity contribution in [2.45, 2.75) is 13.3 Å². The molecule has 0 fully saturated rings. The molecule has 0 aliphatic carbocycles. The van der Waals surface area contributed by atoms with Gasteiger partial charge in [-0.1, -0.05) is 11.6 Å². The van der Waals surface area contributed by atoms with Gasteiger partial charge in [-0.15, -0.1) is 0 Å². The van der Waals surface area contributed by atoms with E-state index in [4.69, 9.17) is 26.8 Å². The van der Waals surface area contributed by atoms with Crippen molar-refractivity contribution in [2.24, 2.45) is 0 Å². The van der Waals surface area contributed by atoms with E-state index in [1.807, 2.05) is 13.0 Å². The molecule has 84 valence electrons. The summed E-state index contributed by atoms with van der Waals surface area (Å²) in [5, 5.41) is 0.525. The fraction of sp³-hybridized carbons (Fsp3) is 0.455. The van der Waals surface area contributed by atoms with Crippen molar-refractivity contribution < 1.29 is 9.47 Å². The van der Waals surface area contributed by atoms with E-state index in [1.54, 1.807) is 12.1 Å². The van der Waals surface area contributed by atoms with Crippen LogP contribution in [0.2, 0.25) is 5.02 Å². The van der Waals surface area contributed by atoms with Gasteiger partial charge in [0.25, 0.3) is 0 Å². The molecule has 3 nitrogen and oxygen atoms in total. The van der Waals surface area contributed by atoms with Crippen molar-refractivity contribution >= 4 is 17.3 Å². The normalized spacial score (nSPS) is 10.3. The number of hydrogen-bond acceptors (Lipinski definition) is 3. The molecule has 0 heterocycles. The Bertz CT molecular complexity index is 305. The molecule has 0 aliphatic rings. The van der Waals surface area contributed by atoms with Crippen LogP contribution in [0, 0.1) is 0 Å². The van der Waals surface area contributed by atoms with E-state index in [9.17, 15) is 0 Å². The third-order valence-corrected chi connectivity index (χ3v) is 2.21. The van der Waals surface area contributed by atoms with Gasteiger partial charge in [-0.3, -0.25) is 0 Å². The van der Waals surface area contributed by atoms with Gasteiger partial charge in [0.2, 0.25) is 0 Å². The van der Waals surface area contributed by atoms with Gasteiger partial charge in [-0.05, 0) is 19.1 Å². The number of nitrogen functional groups attached to an aromatic ring is 1. The summed E-state index contributed by atoms with van der Waals surface area (Å²) in [6, 6.07) is 5.26. The Morgan fingerprint density at radius 2 is 2.13 bits per heavy atom. The molecule has 0 spiro atoms. The van der Waals surface area contributed by atoms with Gasteiger partial charge in [-0.25, -0.2) is 0 Å². The van der Waals surface area contributed by atoms with Crippen LogP contribution in [0.4, 0.5) is 5.69 Å². The molecule has 15 heavy (non-hydrogen) atoms. The van der Waals surface area contributed by atoms with Gasteiger partial charge in [-0.2, -0.15) is 0 Å². The van der Waals surface area contributed by atoms with Gasteiger partial charge in [0.1, 0.15) is 5.75 Å². The van der Waals surface area contributed by atoms with Crippen LogP contribution >= 0.6 is 11.6 Å². The highest BCUT2D eigenvalue weighted by atomic mass is 35.5. The fourth-order valence-electron chi connectivity index (χ4n) is 1.09. The molecule has 1 aromatic rings.